The number of phenolic OH excluding ortho intramolecular Hbond substituents is 1. The number of aromatic hydroxyl groups is 1. The number of hydrogen-bond donors (Lipinski definition) is 1. The molecule has 0 unspecified atom stereocenters. The molecule has 0 spiro atoms. The molecule has 2 rings (SSSR count). The first kappa shape index (κ1) is 19.5. The van der Waals surface area contributed by atoms with Gasteiger partial charge in [-0.25, -0.2) is 4.39 Å². The fourth-order valence-corrected chi connectivity index (χ4v) is 3.44. The summed E-state index contributed by atoms with van der Waals surface area (Å²) in [7, 11) is 0. The van der Waals surface area contributed by atoms with Crippen LogP contribution in [-0.2, 0) is 10.8 Å². The molecule has 0 saturated carbocycles. The summed E-state index contributed by atoms with van der Waals surface area (Å²) in [6.07, 6.45) is 4.80. The van der Waals surface area contributed by atoms with E-state index in [1.54, 1.807) is 18.2 Å². The van der Waals surface area contributed by atoms with Gasteiger partial charge in [-0.3, -0.25) is 0 Å². The number of rotatable bonds is 7. The van der Waals surface area contributed by atoms with Crippen LogP contribution >= 0.6 is 0 Å². The lowest BCUT2D eigenvalue weighted by Crippen LogP contribution is -2.22. The normalized spacial score (nSPS) is 12.4. The van der Waals surface area contributed by atoms with Crippen LogP contribution in [0.25, 0.3) is 0 Å². The van der Waals surface area contributed by atoms with Crippen molar-refractivity contribution in [3.8, 4) is 5.75 Å². The SMILES string of the molecule is CCCCCC(C)(C)c1ccc(O)c(C(C)(C)c2ccc(F)cc2)c1. The van der Waals surface area contributed by atoms with Crippen LogP contribution in [0.5, 0.6) is 5.75 Å². The predicted molar refractivity (Wildman–Crippen MR) is 104 cm³/mol. The third-order valence-corrected chi connectivity index (χ3v) is 5.42. The van der Waals surface area contributed by atoms with Crippen molar-refractivity contribution < 1.29 is 9.50 Å². The molecule has 1 N–H and O–H groups in total. The molecule has 0 atom stereocenters. The number of benzene rings is 2. The summed E-state index contributed by atoms with van der Waals surface area (Å²) in [6, 6.07) is 12.5. The van der Waals surface area contributed by atoms with E-state index >= 15 is 0 Å². The molecule has 0 saturated heterocycles. The van der Waals surface area contributed by atoms with Gasteiger partial charge in [0, 0.05) is 11.0 Å². The highest BCUT2D eigenvalue weighted by molar-refractivity contribution is 5.48. The second-order valence-electron chi connectivity index (χ2n) is 8.20. The smallest absolute Gasteiger partial charge is 0.123 e. The van der Waals surface area contributed by atoms with Gasteiger partial charge in [0.1, 0.15) is 11.6 Å². The Hall–Kier alpha value is -1.83. The molecule has 136 valence electrons. The fourth-order valence-electron chi connectivity index (χ4n) is 3.44. The molecule has 0 aliphatic rings. The van der Waals surface area contributed by atoms with Crippen LogP contribution in [0.3, 0.4) is 0 Å². The van der Waals surface area contributed by atoms with Gasteiger partial charge in [0.25, 0.3) is 0 Å². The average molecular weight is 342 g/mol. The molecule has 0 amide bonds. The van der Waals surface area contributed by atoms with E-state index in [1.165, 1.54) is 37.0 Å². The van der Waals surface area contributed by atoms with Gasteiger partial charge in [-0.05, 0) is 41.2 Å². The highest BCUT2D eigenvalue weighted by atomic mass is 19.1. The van der Waals surface area contributed by atoms with Crippen molar-refractivity contribution in [3.63, 3.8) is 0 Å². The Morgan fingerprint density at radius 3 is 2.08 bits per heavy atom. The van der Waals surface area contributed by atoms with Crippen LogP contribution < -0.4 is 0 Å². The molecule has 25 heavy (non-hydrogen) atoms. The Labute approximate surface area is 151 Å². The summed E-state index contributed by atoms with van der Waals surface area (Å²) in [5.74, 6) is 0.0528. The van der Waals surface area contributed by atoms with E-state index in [0.29, 0.717) is 5.75 Å². The largest absolute Gasteiger partial charge is 0.508 e. The van der Waals surface area contributed by atoms with Gasteiger partial charge in [0.05, 0.1) is 0 Å². The standard InChI is InChI=1S/C23H31FO/c1-6-7-8-15-22(2,3)18-11-14-21(25)20(16-18)23(4,5)17-9-12-19(24)13-10-17/h9-14,16,25H,6-8,15H2,1-5H3. The molecule has 2 heteroatoms. The Balaban J connectivity index is 2.39. The number of hydrogen-bond acceptors (Lipinski definition) is 1. The summed E-state index contributed by atoms with van der Waals surface area (Å²) in [4.78, 5) is 0. The second-order valence-corrected chi connectivity index (χ2v) is 8.20. The fraction of sp³-hybridized carbons (Fsp3) is 0.478. The van der Waals surface area contributed by atoms with Gasteiger partial charge in [-0.15, -0.1) is 0 Å². The summed E-state index contributed by atoms with van der Waals surface area (Å²) < 4.78 is 13.3. The highest BCUT2D eigenvalue weighted by Crippen LogP contribution is 2.40. The predicted octanol–water partition coefficient (Wildman–Crippen LogP) is 6.72. The minimum absolute atomic E-state index is 0.0660. The van der Waals surface area contributed by atoms with Crippen molar-refractivity contribution in [1.82, 2.24) is 0 Å². The van der Waals surface area contributed by atoms with Gasteiger partial charge in [-0.2, -0.15) is 0 Å². The lowest BCUT2D eigenvalue weighted by molar-refractivity contribution is 0.437. The lowest BCUT2D eigenvalue weighted by atomic mass is 9.73. The maximum atomic E-state index is 13.3. The van der Waals surface area contributed by atoms with Crippen molar-refractivity contribution in [2.75, 3.05) is 0 Å². The molecule has 0 aliphatic heterocycles. The van der Waals surface area contributed by atoms with Crippen LogP contribution in [0, 0.1) is 5.82 Å². The quantitative estimate of drug-likeness (QED) is 0.554. The lowest BCUT2D eigenvalue weighted by Gasteiger charge is -2.31. The first-order chi connectivity index (χ1) is 11.7. The Kier molecular flexibility index (Phi) is 5.92. The Morgan fingerprint density at radius 1 is 0.880 bits per heavy atom. The van der Waals surface area contributed by atoms with E-state index < -0.39 is 5.41 Å². The van der Waals surface area contributed by atoms with Crippen LogP contribution in [0.2, 0.25) is 0 Å². The molecular formula is C23H31FO. The summed E-state index contributed by atoms with van der Waals surface area (Å²) in [5, 5.41) is 10.5. The molecule has 0 radical (unpaired) electrons. The maximum absolute atomic E-state index is 13.3. The third-order valence-electron chi connectivity index (χ3n) is 5.42. The molecule has 1 nitrogen and oxygen atoms in total. The van der Waals surface area contributed by atoms with Crippen molar-refractivity contribution in [1.29, 1.82) is 0 Å². The first-order valence-electron chi connectivity index (χ1n) is 9.28. The minimum atomic E-state index is -0.396. The first-order valence-corrected chi connectivity index (χ1v) is 9.28. The van der Waals surface area contributed by atoms with Crippen molar-refractivity contribution in [3.05, 3.63) is 65.0 Å². The maximum Gasteiger partial charge on any atom is 0.123 e. The molecule has 0 fully saturated rings. The topological polar surface area (TPSA) is 20.2 Å². The van der Waals surface area contributed by atoms with Crippen LogP contribution in [-0.4, -0.2) is 5.11 Å². The van der Waals surface area contributed by atoms with E-state index in [0.717, 1.165) is 17.5 Å². The van der Waals surface area contributed by atoms with Crippen LogP contribution in [0.4, 0.5) is 4.39 Å². The van der Waals surface area contributed by atoms with E-state index in [4.69, 9.17) is 0 Å². The van der Waals surface area contributed by atoms with E-state index in [-0.39, 0.29) is 11.2 Å². The second kappa shape index (κ2) is 7.59. The highest BCUT2D eigenvalue weighted by Gasteiger charge is 2.29. The molecule has 0 aliphatic carbocycles. The molecule has 2 aromatic carbocycles. The number of phenols is 1. The minimum Gasteiger partial charge on any atom is -0.508 e. The molecule has 0 heterocycles. The van der Waals surface area contributed by atoms with Crippen LogP contribution in [0.15, 0.2) is 42.5 Å². The third kappa shape index (κ3) is 4.42. The van der Waals surface area contributed by atoms with Gasteiger partial charge >= 0.3 is 0 Å². The number of unbranched alkanes of at least 4 members (excludes halogenated alkanes) is 2. The van der Waals surface area contributed by atoms with Crippen LogP contribution in [0.1, 0.15) is 77.0 Å². The number of halogens is 1. The van der Waals surface area contributed by atoms with Gasteiger partial charge in [0.15, 0.2) is 0 Å². The van der Waals surface area contributed by atoms with Gasteiger partial charge < -0.3 is 5.11 Å². The van der Waals surface area contributed by atoms with E-state index in [9.17, 15) is 9.50 Å². The summed E-state index contributed by atoms with van der Waals surface area (Å²) in [5.41, 5.74) is 2.79. The van der Waals surface area contributed by atoms with Crippen molar-refractivity contribution in [2.24, 2.45) is 0 Å². The zero-order valence-corrected chi connectivity index (χ0v) is 16.2. The monoisotopic (exact) mass is 342 g/mol. The zero-order chi connectivity index (χ0) is 18.7. The molecule has 0 aromatic heterocycles. The van der Waals surface area contributed by atoms with Gasteiger partial charge in [-0.1, -0.05) is 78.1 Å². The van der Waals surface area contributed by atoms with Crippen molar-refractivity contribution >= 4 is 0 Å². The summed E-state index contributed by atoms with van der Waals surface area (Å²) >= 11 is 0. The van der Waals surface area contributed by atoms with E-state index in [1.807, 2.05) is 6.07 Å². The molecule has 0 bridgehead atoms. The average Bonchev–Trinajstić information content (AvgIpc) is 2.55. The molecule has 2 aromatic rings. The molecular weight excluding hydrogens is 311 g/mol. The van der Waals surface area contributed by atoms with Gasteiger partial charge in [0.2, 0.25) is 0 Å². The Morgan fingerprint density at radius 2 is 1.48 bits per heavy atom. The van der Waals surface area contributed by atoms with Crippen molar-refractivity contribution in [2.45, 2.75) is 71.1 Å². The Bertz CT molecular complexity index is 699. The zero-order valence-electron chi connectivity index (χ0n) is 16.2. The summed E-state index contributed by atoms with van der Waals surface area (Å²) in [6.45, 7) is 10.9. The van der Waals surface area contributed by atoms with E-state index in [2.05, 4.69) is 40.7 Å².